The van der Waals surface area contributed by atoms with E-state index in [0.717, 1.165) is 37.4 Å². The Kier molecular flexibility index (Phi) is 4.43. The highest BCUT2D eigenvalue weighted by Crippen LogP contribution is 2.32. The first-order chi connectivity index (χ1) is 12.3. The summed E-state index contributed by atoms with van der Waals surface area (Å²) < 4.78 is 16.2. The van der Waals surface area contributed by atoms with Crippen molar-refractivity contribution in [3.05, 3.63) is 48.0 Å². The molecule has 130 valence electrons. The van der Waals surface area contributed by atoms with Gasteiger partial charge in [0.2, 0.25) is 6.79 Å². The van der Waals surface area contributed by atoms with Gasteiger partial charge in [-0.05, 0) is 55.3 Å². The monoisotopic (exact) mass is 340 g/mol. The van der Waals surface area contributed by atoms with E-state index < -0.39 is 0 Å². The SMILES string of the molecule is O=C(Nc1ccc(NCC2CCCO2)cc1)c1ccc2c(c1)OCO2. The molecule has 0 saturated carbocycles. The van der Waals surface area contributed by atoms with Crippen molar-refractivity contribution in [3.8, 4) is 11.5 Å². The van der Waals surface area contributed by atoms with Crippen LogP contribution in [0.2, 0.25) is 0 Å². The summed E-state index contributed by atoms with van der Waals surface area (Å²) in [6.45, 7) is 1.86. The fraction of sp³-hybridized carbons (Fsp3) is 0.316. The second-order valence-corrected chi connectivity index (χ2v) is 6.12. The van der Waals surface area contributed by atoms with E-state index in [1.54, 1.807) is 18.2 Å². The van der Waals surface area contributed by atoms with Gasteiger partial charge < -0.3 is 24.8 Å². The van der Waals surface area contributed by atoms with E-state index in [9.17, 15) is 4.79 Å². The van der Waals surface area contributed by atoms with Gasteiger partial charge in [0, 0.05) is 30.1 Å². The van der Waals surface area contributed by atoms with Crippen LogP contribution in [0.5, 0.6) is 11.5 Å². The zero-order valence-corrected chi connectivity index (χ0v) is 13.8. The zero-order chi connectivity index (χ0) is 17.1. The van der Waals surface area contributed by atoms with Crippen LogP contribution in [0, 0.1) is 0 Å². The van der Waals surface area contributed by atoms with Crippen molar-refractivity contribution in [3.63, 3.8) is 0 Å². The molecule has 1 fully saturated rings. The van der Waals surface area contributed by atoms with Gasteiger partial charge >= 0.3 is 0 Å². The average Bonchev–Trinajstić information content (AvgIpc) is 3.32. The molecular formula is C19H20N2O4. The Hall–Kier alpha value is -2.73. The Morgan fingerprint density at radius 1 is 1.04 bits per heavy atom. The Morgan fingerprint density at radius 3 is 2.64 bits per heavy atom. The first kappa shape index (κ1) is 15.8. The van der Waals surface area contributed by atoms with E-state index in [0.29, 0.717) is 23.2 Å². The van der Waals surface area contributed by atoms with E-state index in [2.05, 4.69) is 10.6 Å². The normalized spacial score (nSPS) is 18.2. The summed E-state index contributed by atoms with van der Waals surface area (Å²) in [5, 5.41) is 6.24. The largest absolute Gasteiger partial charge is 0.454 e. The number of ether oxygens (including phenoxy) is 3. The molecule has 0 bridgehead atoms. The van der Waals surface area contributed by atoms with Crippen LogP contribution in [0.1, 0.15) is 23.2 Å². The maximum Gasteiger partial charge on any atom is 0.255 e. The van der Waals surface area contributed by atoms with E-state index >= 15 is 0 Å². The van der Waals surface area contributed by atoms with E-state index in [-0.39, 0.29) is 12.7 Å². The molecule has 2 aromatic rings. The van der Waals surface area contributed by atoms with Crippen molar-refractivity contribution in [1.82, 2.24) is 0 Å². The summed E-state index contributed by atoms with van der Waals surface area (Å²) in [6, 6.07) is 12.8. The van der Waals surface area contributed by atoms with Gasteiger partial charge in [0.05, 0.1) is 6.10 Å². The van der Waals surface area contributed by atoms with E-state index in [1.807, 2.05) is 24.3 Å². The Bertz CT molecular complexity index is 755. The molecule has 2 aromatic carbocycles. The summed E-state index contributed by atoms with van der Waals surface area (Å²) in [6.07, 6.45) is 2.54. The van der Waals surface area contributed by atoms with Crippen molar-refractivity contribution in [1.29, 1.82) is 0 Å². The number of nitrogens with one attached hydrogen (secondary N) is 2. The van der Waals surface area contributed by atoms with Gasteiger partial charge in [-0.25, -0.2) is 0 Å². The van der Waals surface area contributed by atoms with Crippen molar-refractivity contribution < 1.29 is 19.0 Å². The lowest BCUT2D eigenvalue weighted by molar-refractivity contribution is 0.102. The molecule has 0 aliphatic carbocycles. The maximum absolute atomic E-state index is 12.4. The summed E-state index contributed by atoms with van der Waals surface area (Å²) in [5.74, 6) is 1.08. The van der Waals surface area contributed by atoms with Gasteiger partial charge in [-0.1, -0.05) is 0 Å². The van der Waals surface area contributed by atoms with Crippen LogP contribution >= 0.6 is 0 Å². The first-order valence-corrected chi connectivity index (χ1v) is 8.44. The van der Waals surface area contributed by atoms with Crippen LogP contribution in [0.25, 0.3) is 0 Å². The van der Waals surface area contributed by atoms with Gasteiger partial charge in [0.15, 0.2) is 11.5 Å². The molecule has 2 N–H and O–H groups in total. The summed E-state index contributed by atoms with van der Waals surface area (Å²) in [4.78, 5) is 12.4. The fourth-order valence-electron chi connectivity index (χ4n) is 2.95. The van der Waals surface area contributed by atoms with Crippen LogP contribution in [-0.2, 0) is 4.74 Å². The molecule has 1 atom stereocenters. The number of rotatable bonds is 5. The summed E-state index contributed by atoms with van der Waals surface area (Å²) in [5.41, 5.74) is 2.28. The highest BCUT2D eigenvalue weighted by atomic mass is 16.7. The van der Waals surface area contributed by atoms with Crippen molar-refractivity contribution in [2.75, 3.05) is 30.6 Å². The number of benzene rings is 2. The quantitative estimate of drug-likeness (QED) is 0.874. The van der Waals surface area contributed by atoms with Crippen LogP contribution in [0.3, 0.4) is 0 Å². The molecule has 1 unspecified atom stereocenters. The smallest absolute Gasteiger partial charge is 0.255 e. The number of hydrogen-bond donors (Lipinski definition) is 2. The van der Waals surface area contributed by atoms with Crippen LogP contribution in [0.4, 0.5) is 11.4 Å². The number of carbonyl (C=O) groups excluding carboxylic acids is 1. The fourth-order valence-corrected chi connectivity index (χ4v) is 2.95. The molecule has 6 heteroatoms. The molecule has 4 rings (SSSR count). The third-order valence-corrected chi connectivity index (χ3v) is 4.34. The predicted molar refractivity (Wildman–Crippen MR) is 94.4 cm³/mol. The predicted octanol–water partition coefficient (Wildman–Crippen LogP) is 3.26. The topological polar surface area (TPSA) is 68.8 Å². The molecule has 2 heterocycles. The molecule has 1 amide bonds. The number of amides is 1. The molecule has 0 aromatic heterocycles. The van der Waals surface area contributed by atoms with Gasteiger partial charge in [0.1, 0.15) is 0 Å². The highest BCUT2D eigenvalue weighted by Gasteiger charge is 2.17. The molecule has 6 nitrogen and oxygen atoms in total. The lowest BCUT2D eigenvalue weighted by atomic mass is 10.2. The number of carbonyl (C=O) groups is 1. The molecule has 25 heavy (non-hydrogen) atoms. The van der Waals surface area contributed by atoms with Gasteiger partial charge in [0.25, 0.3) is 5.91 Å². The summed E-state index contributed by atoms with van der Waals surface area (Å²) >= 11 is 0. The van der Waals surface area contributed by atoms with Gasteiger partial charge in [-0.15, -0.1) is 0 Å². The minimum Gasteiger partial charge on any atom is -0.454 e. The number of fused-ring (bicyclic) bond motifs is 1. The van der Waals surface area contributed by atoms with E-state index in [4.69, 9.17) is 14.2 Å². The van der Waals surface area contributed by atoms with Gasteiger partial charge in [-0.3, -0.25) is 4.79 Å². The molecule has 0 spiro atoms. The van der Waals surface area contributed by atoms with Crippen molar-refractivity contribution in [2.45, 2.75) is 18.9 Å². The Labute approximate surface area is 146 Å². The van der Waals surface area contributed by atoms with E-state index in [1.165, 1.54) is 0 Å². The molecule has 1 saturated heterocycles. The lowest BCUT2D eigenvalue weighted by Gasteiger charge is -2.12. The highest BCUT2D eigenvalue weighted by molar-refractivity contribution is 6.04. The molecular weight excluding hydrogens is 320 g/mol. The second kappa shape index (κ2) is 7.03. The van der Waals surface area contributed by atoms with Gasteiger partial charge in [-0.2, -0.15) is 0 Å². The maximum atomic E-state index is 12.4. The first-order valence-electron chi connectivity index (χ1n) is 8.44. The van der Waals surface area contributed by atoms with Crippen molar-refractivity contribution >= 4 is 17.3 Å². The molecule has 2 aliphatic rings. The second-order valence-electron chi connectivity index (χ2n) is 6.12. The Balaban J connectivity index is 1.34. The van der Waals surface area contributed by atoms with Crippen LogP contribution in [0.15, 0.2) is 42.5 Å². The molecule has 2 aliphatic heterocycles. The average molecular weight is 340 g/mol. The van der Waals surface area contributed by atoms with Crippen molar-refractivity contribution in [2.24, 2.45) is 0 Å². The zero-order valence-electron chi connectivity index (χ0n) is 13.8. The number of anilines is 2. The third-order valence-electron chi connectivity index (χ3n) is 4.34. The Morgan fingerprint density at radius 2 is 1.84 bits per heavy atom. The minimum atomic E-state index is -0.182. The molecule has 0 radical (unpaired) electrons. The minimum absolute atomic E-state index is 0.182. The summed E-state index contributed by atoms with van der Waals surface area (Å²) in [7, 11) is 0. The third kappa shape index (κ3) is 3.69. The lowest BCUT2D eigenvalue weighted by Crippen LogP contribution is -2.18. The standard InChI is InChI=1S/C19H20N2O4/c22-19(13-3-8-17-18(10-13)25-12-24-17)21-15-6-4-14(5-7-15)20-11-16-2-1-9-23-16/h3-8,10,16,20H,1-2,9,11-12H2,(H,21,22). The van der Waals surface area contributed by atoms with Crippen LogP contribution < -0.4 is 20.1 Å². The van der Waals surface area contributed by atoms with Crippen LogP contribution in [-0.4, -0.2) is 32.0 Å². The number of hydrogen-bond acceptors (Lipinski definition) is 5.